The van der Waals surface area contributed by atoms with E-state index in [-0.39, 0.29) is 49.0 Å². The van der Waals surface area contributed by atoms with Crippen molar-refractivity contribution in [3.8, 4) is 34.8 Å². The van der Waals surface area contributed by atoms with Crippen LogP contribution in [0.1, 0.15) is 73.1 Å². The van der Waals surface area contributed by atoms with Crippen LogP contribution >= 0.6 is 0 Å². The number of hydrogen-bond acceptors (Lipinski definition) is 10. The molecule has 5 aliphatic rings. The van der Waals surface area contributed by atoms with E-state index in [9.17, 15) is 20.0 Å². The van der Waals surface area contributed by atoms with E-state index >= 15 is 0 Å². The van der Waals surface area contributed by atoms with Crippen LogP contribution in [0, 0.1) is 25.2 Å². The van der Waals surface area contributed by atoms with Gasteiger partial charge in [0.15, 0.2) is 23.0 Å². The molecule has 5 atom stereocenters. The lowest BCUT2D eigenvalue weighted by molar-refractivity contribution is -0.0758. The molecular weight excluding hydrogens is 600 g/mol. The van der Waals surface area contributed by atoms with E-state index in [1.54, 1.807) is 31.4 Å². The number of imide groups is 1. The number of fused-ring (bicyclic) bond motifs is 10. The van der Waals surface area contributed by atoms with Crippen molar-refractivity contribution in [2.24, 2.45) is 0 Å². The fraction of sp³-hybridized carbons (Fsp3) is 0.417. The number of nitrogens with zero attached hydrogens (tertiary/aromatic N) is 4. The van der Waals surface area contributed by atoms with Crippen LogP contribution in [-0.2, 0) is 12.8 Å². The summed E-state index contributed by atoms with van der Waals surface area (Å²) in [7, 11) is 3.56. The monoisotopic (exact) mass is 636 g/mol. The number of aryl methyl sites for hydroxylation is 1. The van der Waals surface area contributed by atoms with E-state index in [2.05, 4.69) is 21.9 Å². The Hall–Kier alpha value is -4.79. The minimum absolute atomic E-state index is 0.00232. The first kappa shape index (κ1) is 29.6. The van der Waals surface area contributed by atoms with Gasteiger partial charge in [-0.2, -0.15) is 5.26 Å². The van der Waals surface area contributed by atoms with Crippen LogP contribution < -0.4 is 18.9 Å². The standard InChI is InChI=1S/C36H36N4O7/c1-6-45-32-18(3)33-34(47-16-46-33)28-22(32)13-24-29-27-19(11-17(2)31(44-5)30(27)41)12-23(38(29)4)25(14-37)40(24)26(28)15-39-35(42)20-9-7-8-10-21(20)36(39)43/h7-11,23-26,29,41H,6,12-13,15-16H2,1-5H3/t23-,24-,25-,26-,29-/m0/s1. The van der Waals surface area contributed by atoms with Crippen molar-refractivity contribution in [2.75, 3.05) is 34.1 Å². The first-order valence-electron chi connectivity index (χ1n) is 16.0. The second-order valence-electron chi connectivity index (χ2n) is 12.9. The molecule has 11 heteroatoms. The number of carbonyl (C=O) groups excluding carboxylic acids is 2. The summed E-state index contributed by atoms with van der Waals surface area (Å²) in [5.41, 5.74) is 5.80. The normalized spacial score (nSPS) is 25.5. The number of likely N-dealkylation sites (N-methyl/N-ethyl adjacent to an activating group) is 1. The second-order valence-corrected chi connectivity index (χ2v) is 12.9. The van der Waals surface area contributed by atoms with E-state index in [0.29, 0.717) is 53.6 Å². The molecule has 2 amide bonds. The zero-order valence-corrected chi connectivity index (χ0v) is 27.0. The van der Waals surface area contributed by atoms with Gasteiger partial charge >= 0.3 is 0 Å². The molecule has 1 fully saturated rings. The first-order chi connectivity index (χ1) is 22.7. The maximum atomic E-state index is 13.8. The Morgan fingerprint density at radius 2 is 1.72 bits per heavy atom. The van der Waals surface area contributed by atoms with Crippen molar-refractivity contribution >= 4 is 11.8 Å². The molecule has 5 heterocycles. The van der Waals surface area contributed by atoms with Crippen LogP contribution in [-0.4, -0.2) is 83.8 Å². The summed E-state index contributed by atoms with van der Waals surface area (Å²) < 4.78 is 24.1. The van der Waals surface area contributed by atoms with E-state index in [0.717, 1.165) is 33.4 Å². The number of rotatable bonds is 5. The molecule has 1 saturated heterocycles. The predicted octanol–water partition coefficient (Wildman–Crippen LogP) is 4.21. The number of phenolic OH excluding ortho intramolecular Hbond substituents is 1. The molecule has 0 unspecified atom stereocenters. The second kappa shape index (κ2) is 10.6. The minimum atomic E-state index is -0.624. The Kier molecular flexibility index (Phi) is 6.69. The van der Waals surface area contributed by atoms with Gasteiger partial charge in [0.2, 0.25) is 6.79 Å². The van der Waals surface area contributed by atoms with Crippen LogP contribution in [0.25, 0.3) is 0 Å². The molecule has 3 aromatic rings. The minimum Gasteiger partial charge on any atom is -0.504 e. The third-order valence-electron chi connectivity index (χ3n) is 10.8. The molecule has 0 saturated carbocycles. The molecule has 3 aromatic carbocycles. The molecule has 0 radical (unpaired) electrons. The van der Waals surface area contributed by atoms with E-state index in [4.69, 9.17) is 18.9 Å². The Labute approximate surface area is 272 Å². The van der Waals surface area contributed by atoms with E-state index < -0.39 is 12.1 Å². The molecular formula is C36H36N4O7. The van der Waals surface area contributed by atoms with Crippen molar-refractivity contribution in [1.29, 1.82) is 5.26 Å². The van der Waals surface area contributed by atoms with Gasteiger partial charge in [-0.15, -0.1) is 0 Å². The maximum Gasteiger partial charge on any atom is 0.261 e. The highest BCUT2D eigenvalue weighted by Gasteiger charge is 2.57. The van der Waals surface area contributed by atoms with Crippen LogP contribution in [0.5, 0.6) is 28.7 Å². The Balaban J connectivity index is 1.37. The molecule has 8 rings (SSSR count). The number of amides is 2. The number of benzene rings is 3. The number of piperazine rings is 1. The summed E-state index contributed by atoms with van der Waals surface area (Å²) in [6, 6.07) is 9.39. The number of carbonyl (C=O) groups is 2. The van der Waals surface area contributed by atoms with Gasteiger partial charge in [0.05, 0.1) is 43.0 Å². The van der Waals surface area contributed by atoms with Gasteiger partial charge < -0.3 is 24.1 Å². The first-order valence-corrected chi connectivity index (χ1v) is 16.0. The SMILES string of the molecule is CCOc1c(C)c2c(c3c1C[C@H]1[C@H]4c5c(cc(C)c(OC)c5O)C[C@@H]([C@H](C#N)N1[C@H]3CN1C(=O)c3ccccc3C1=O)N4C)OCO2. The Morgan fingerprint density at radius 1 is 1.02 bits per heavy atom. The summed E-state index contributed by atoms with van der Waals surface area (Å²) in [6.45, 7) is 6.22. The highest BCUT2D eigenvalue weighted by Crippen LogP contribution is 2.58. The van der Waals surface area contributed by atoms with Crippen LogP contribution in [0.2, 0.25) is 0 Å². The van der Waals surface area contributed by atoms with Gasteiger partial charge in [0.1, 0.15) is 11.8 Å². The summed E-state index contributed by atoms with van der Waals surface area (Å²) in [5, 5.41) is 22.7. The van der Waals surface area contributed by atoms with Gasteiger partial charge in [-0.05, 0) is 63.9 Å². The smallest absolute Gasteiger partial charge is 0.261 e. The maximum absolute atomic E-state index is 13.8. The van der Waals surface area contributed by atoms with E-state index in [1.165, 1.54) is 4.90 Å². The fourth-order valence-electron chi connectivity index (χ4n) is 8.92. The Bertz CT molecular complexity index is 1880. The lowest BCUT2D eigenvalue weighted by Crippen LogP contribution is -2.68. The van der Waals surface area contributed by atoms with Crippen molar-refractivity contribution in [2.45, 2.75) is 63.8 Å². The van der Waals surface area contributed by atoms with Gasteiger partial charge in [-0.3, -0.25) is 24.3 Å². The van der Waals surface area contributed by atoms with Gasteiger partial charge in [0, 0.05) is 40.9 Å². The molecule has 5 aliphatic heterocycles. The highest BCUT2D eigenvalue weighted by molar-refractivity contribution is 6.21. The summed E-state index contributed by atoms with van der Waals surface area (Å²) >= 11 is 0. The highest BCUT2D eigenvalue weighted by atomic mass is 16.7. The lowest BCUT2D eigenvalue weighted by atomic mass is 9.71. The average Bonchev–Trinajstić information content (AvgIpc) is 3.64. The van der Waals surface area contributed by atoms with Crippen molar-refractivity contribution in [1.82, 2.24) is 14.7 Å². The van der Waals surface area contributed by atoms with Crippen LogP contribution in [0.3, 0.4) is 0 Å². The number of phenols is 1. The van der Waals surface area contributed by atoms with Gasteiger partial charge in [-0.25, -0.2) is 0 Å². The van der Waals surface area contributed by atoms with Crippen LogP contribution in [0.4, 0.5) is 0 Å². The fourth-order valence-corrected chi connectivity index (χ4v) is 8.92. The number of ether oxygens (including phenoxy) is 4. The van der Waals surface area contributed by atoms with Gasteiger partial charge in [-0.1, -0.05) is 18.2 Å². The molecule has 0 spiro atoms. The molecule has 1 N–H and O–H groups in total. The predicted molar refractivity (Wildman–Crippen MR) is 169 cm³/mol. The third kappa shape index (κ3) is 3.92. The van der Waals surface area contributed by atoms with E-state index in [1.807, 2.05) is 27.8 Å². The molecule has 242 valence electrons. The molecule has 0 aliphatic carbocycles. The van der Waals surface area contributed by atoms with Crippen molar-refractivity contribution in [3.63, 3.8) is 0 Å². The topological polar surface area (TPSA) is 125 Å². The summed E-state index contributed by atoms with van der Waals surface area (Å²) in [6.07, 6.45) is 1.00. The molecule has 47 heavy (non-hydrogen) atoms. The summed E-state index contributed by atoms with van der Waals surface area (Å²) in [5.74, 6) is 1.60. The zero-order chi connectivity index (χ0) is 32.9. The quantitative estimate of drug-likeness (QED) is 0.407. The number of methoxy groups -OCH3 is 1. The number of hydrogen-bond donors (Lipinski definition) is 1. The molecule has 0 aromatic heterocycles. The van der Waals surface area contributed by atoms with Crippen molar-refractivity contribution < 1.29 is 33.6 Å². The zero-order valence-electron chi connectivity index (χ0n) is 27.0. The number of nitriles is 1. The largest absolute Gasteiger partial charge is 0.504 e. The van der Waals surface area contributed by atoms with Crippen molar-refractivity contribution in [3.05, 3.63) is 74.8 Å². The molecule has 11 nitrogen and oxygen atoms in total. The lowest BCUT2D eigenvalue weighted by Gasteiger charge is -2.60. The van der Waals surface area contributed by atoms with Gasteiger partial charge in [0.25, 0.3) is 11.8 Å². The molecule has 2 bridgehead atoms. The Morgan fingerprint density at radius 3 is 2.38 bits per heavy atom. The third-order valence-corrected chi connectivity index (χ3v) is 10.8. The summed E-state index contributed by atoms with van der Waals surface area (Å²) in [4.78, 5) is 33.3. The number of aromatic hydroxyl groups is 1. The van der Waals surface area contributed by atoms with Crippen LogP contribution in [0.15, 0.2) is 30.3 Å². The average molecular weight is 637 g/mol.